The van der Waals surface area contributed by atoms with Crippen molar-refractivity contribution in [2.45, 2.75) is 53.0 Å². The van der Waals surface area contributed by atoms with Crippen LogP contribution >= 0.6 is 0 Å². The van der Waals surface area contributed by atoms with Gasteiger partial charge in [0.15, 0.2) is 0 Å². The lowest BCUT2D eigenvalue weighted by Crippen LogP contribution is -2.38. The molecule has 1 heterocycles. The van der Waals surface area contributed by atoms with Crippen LogP contribution in [0.25, 0.3) is 0 Å². The van der Waals surface area contributed by atoms with Gasteiger partial charge in [-0.25, -0.2) is 0 Å². The van der Waals surface area contributed by atoms with Crippen LogP contribution in [0.2, 0.25) is 0 Å². The lowest BCUT2D eigenvalue weighted by Gasteiger charge is -2.37. The summed E-state index contributed by atoms with van der Waals surface area (Å²) in [4.78, 5) is 2.46. The Kier molecular flexibility index (Phi) is 3.99. The van der Waals surface area contributed by atoms with Crippen LogP contribution in [-0.2, 0) is 0 Å². The molecule has 0 aromatic carbocycles. The van der Waals surface area contributed by atoms with E-state index in [1.807, 2.05) is 0 Å². The molecule has 1 nitrogen and oxygen atoms in total. The first-order valence-corrected chi connectivity index (χ1v) is 6.17. The molecule has 1 saturated heterocycles. The van der Waals surface area contributed by atoms with E-state index in [1.165, 1.54) is 31.4 Å². The highest BCUT2D eigenvalue weighted by Crippen LogP contribution is 2.33. The van der Waals surface area contributed by atoms with Crippen LogP contribution in [0.5, 0.6) is 0 Å². The molecule has 1 aliphatic heterocycles. The van der Waals surface area contributed by atoms with Crippen molar-refractivity contribution < 1.29 is 0 Å². The van der Waals surface area contributed by atoms with Gasteiger partial charge in [0, 0.05) is 6.04 Å². The summed E-state index contributed by atoms with van der Waals surface area (Å²) < 4.78 is 0. The molecule has 0 saturated carbocycles. The van der Waals surface area contributed by atoms with Crippen LogP contribution in [0.3, 0.4) is 0 Å². The second-order valence-corrected chi connectivity index (χ2v) is 6.45. The van der Waals surface area contributed by atoms with Crippen molar-refractivity contribution in [3.8, 4) is 0 Å². The van der Waals surface area contributed by atoms with Crippen molar-refractivity contribution in [2.24, 2.45) is 11.3 Å². The minimum Gasteiger partial charge on any atom is -0.304 e. The Labute approximate surface area is 95.5 Å². The fourth-order valence-corrected chi connectivity index (χ4v) is 2.49. The molecule has 0 aromatic heterocycles. The third-order valence-corrected chi connectivity index (χ3v) is 3.54. The highest BCUT2D eigenvalue weighted by Gasteiger charge is 2.26. The first-order chi connectivity index (χ1) is 6.79. The molecule has 0 spiro atoms. The van der Waals surface area contributed by atoms with Gasteiger partial charge < -0.3 is 4.90 Å². The number of piperidine rings is 1. The molecule has 88 valence electrons. The normalized spacial score (nSPS) is 29.1. The zero-order valence-electron chi connectivity index (χ0n) is 11.1. The van der Waals surface area contributed by atoms with Crippen molar-refractivity contribution in [3.63, 3.8) is 0 Å². The summed E-state index contributed by atoms with van der Waals surface area (Å²) in [5, 5.41) is 0. The maximum atomic E-state index is 4.30. The molecule has 1 aliphatic rings. The Balaban J connectivity index is 2.48. The molecule has 0 aliphatic carbocycles. The predicted octanol–water partition coefficient (Wildman–Crippen LogP) is 3.71. The van der Waals surface area contributed by atoms with E-state index in [0.29, 0.717) is 5.41 Å². The van der Waals surface area contributed by atoms with Crippen LogP contribution in [-0.4, -0.2) is 24.5 Å². The number of hydrogen-bond donors (Lipinski definition) is 0. The molecule has 2 unspecified atom stereocenters. The average Bonchev–Trinajstić information content (AvgIpc) is 2.06. The zero-order valence-corrected chi connectivity index (χ0v) is 11.1. The summed E-state index contributed by atoms with van der Waals surface area (Å²) in [6.45, 7) is 14.8. The monoisotopic (exact) mass is 209 g/mol. The number of nitrogens with zero attached hydrogens (tertiary/aromatic N) is 1. The lowest BCUT2D eigenvalue weighted by molar-refractivity contribution is 0.164. The summed E-state index contributed by atoms with van der Waals surface area (Å²) in [5.41, 5.74) is 1.87. The minimum absolute atomic E-state index is 0.393. The molecule has 0 N–H and O–H groups in total. The van der Waals surface area contributed by atoms with E-state index >= 15 is 0 Å². The molecule has 0 aromatic rings. The molecule has 2 atom stereocenters. The predicted molar refractivity (Wildman–Crippen MR) is 68.0 cm³/mol. The second-order valence-electron chi connectivity index (χ2n) is 6.45. The topological polar surface area (TPSA) is 3.24 Å². The molecule has 0 amide bonds. The molecule has 15 heavy (non-hydrogen) atoms. The van der Waals surface area contributed by atoms with Crippen molar-refractivity contribution >= 4 is 0 Å². The van der Waals surface area contributed by atoms with Gasteiger partial charge in [-0.2, -0.15) is 0 Å². The molecule has 1 fully saturated rings. The third kappa shape index (κ3) is 3.98. The summed E-state index contributed by atoms with van der Waals surface area (Å²) in [5.74, 6) is 0.760. The summed E-state index contributed by atoms with van der Waals surface area (Å²) in [7, 11) is 2.23. The van der Waals surface area contributed by atoms with Gasteiger partial charge in [-0.05, 0) is 51.1 Å². The Morgan fingerprint density at radius 1 is 1.40 bits per heavy atom. The van der Waals surface area contributed by atoms with Gasteiger partial charge >= 0.3 is 0 Å². The summed E-state index contributed by atoms with van der Waals surface area (Å²) in [6, 6.07) is 0.723. The van der Waals surface area contributed by atoms with Crippen LogP contribution in [0.4, 0.5) is 0 Å². The standard InChI is InChI=1S/C14H27N/c1-11(10-14(3,4)5)13-7-8-15(6)12(2)9-13/h12-13H,1,7-10H2,2-6H3. The van der Waals surface area contributed by atoms with Gasteiger partial charge in [0.1, 0.15) is 0 Å². The molecule has 1 rings (SSSR count). The van der Waals surface area contributed by atoms with Gasteiger partial charge in [-0.3, -0.25) is 0 Å². The highest BCUT2D eigenvalue weighted by atomic mass is 15.1. The maximum Gasteiger partial charge on any atom is 0.00695 e. The van der Waals surface area contributed by atoms with Gasteiger partial charge in [0.25, 0.3) is 0 Å². The molecule has 0 bridgehead atoms. The Hall–Kier alpha value is -0.300. The zero-order chi connectivity index (χ0) is 11.6. The highest BCUT2D eigenvalue weighted by molar-refractivity contribution is 5.05. The van der Waals surface area contributed by atoms with Gasteiger partial charge in [-0.1, -0.05) is 32.9 Å². The number of hydrogen-bond acceptors (Lipinski definition) is 1. The quantitative estimate of drug-likeness (QED) is 0.627. The van der Waals surface area contributed by atoms with E-state index in [-0.39, 0.29) is 0 Å². The van der Waals surface area contributed by atoms with Crippen LogP contribution in [0, 0.1) is 11.3 Å². The van der Waals surface area contributed by atoms with E-state index in [9.17, 15) is 0 Å². The summed E-state index contributed by atoms with van der Waals surface area (Å²) >= 11 is 0. The van der Waals surface area contributed by atoms with Gasteiger partial charge in [0.05, 0.1) is 0 Å². The summed E-state index contributed by atoms with van der Waals surface area (Å²) in [6.07, 6.45) is 3.77. The first-order valence-electron chi connectivity index (χ1n) is 6.17. The molecule has 0 radical (unpaired) electrons. The van der Waals surface area contributed by atoms with Crippen LogP contribution < -0.4 is 0 Å². The Bertz CT molecular complexity index is 224. The molecular formula is C14H27N. The van der Waals surface area contributed by atoms with E-state index in [4.69, 9.17) is 0 Å². The van der Waals surface area contributed by atoms with Crippen molar-refractivity contribution in [3.05, 3.63) is 12.2 Å². The SMILES string of the molecule is C=C(CC(C)(C)C)C1CCN(C)C(C)C1. The molecular weight excluding hydrogens is 182 g/mol. The third-order valence-electron chi connectivity index (χ3n) is 3.54. The Morgan fingerprint density at radius 2 is 2.00 bits per heavy atom. The maximum absolute atomic E-state index is 4.30. The van der Waals surface area contributed by atoms with Gasteiger partial charge in [0.2, 0.25) is 0 Å². The van der Waals surface area contributed by atoms with E-state index < -0.39 is 0 Å². The fraction of sp³-hybridized carbons (Fsp3) is 0.857. The van der Waals surface area contributed by atoms with Crippen LogP contribution in [0.15, 0.2) is 12.2 Å². The minimum atomic E-state index is 0.393. The average molecular weight is 209 g/mol. The smallest absolute Gasteiger partial charge is 0.00695 e. The van der Waals surface area contributed by atoms with E-state index in [2.05, 4.69) is 46.2 Å². The van der Waals surface area contributed by atoms with E-state index in [0.717, 1.165) is 12.0 Å². The number of rotatable bonds is 2. The van der Waals surface area contributed by atoms with E-state index in [1.54, 1.807) is 0 Å². The Morgan fingerprint density at radius 3 is 2.47 bits per heavy atom. The fourth-order valence-electron chi connectivity index (χ4n) is 2.49. The van der Waals surface area contributed by atoms with Crippen LogP contribution in [0.1, 0.15) is 47.0 Å². The molecule has 1 heteroatoms. The number of likely N-dealkylation sites (tertiary alicyclic amines) is 1. The second kappa shape index (κ2) is 4.69. The largest absolute Gasteiger partial charge is 0.304 e. The first kappa shape index (κ1) is 12.8. The lowest BCUT2D eigenvalue weighted by atomic mass is 9.79. The van der Waals surface area contributed by atoms with Gasteiger partial charge in [-0.15, -0.1) is 0 Å². The van der Waals surface area contributed by atoms with Crippen molar-refractivity contribution in [1.82, 2.24) is 4.90 Å². The number of allylic oxidation sites excluding steroid dienone is 1. The van der Waals surface area contributed by atoms with Crippen molar-refractivity contribution in [2.75, 3.05) is 13.6 Å². The van der Waals surface area contributed by atoms with Crippen molar-refractivity contribution in [1.29, 1.82) is 0 Å².